The number of carbonyl (C=O) groups is 3. The van der Waals surface area contributed by atoms with Gasteiger partial charge in [-0.25, -0.2) is 4.39 Å². The number of ketones is 1. The first-order chi connectivity index (χ1) is 11.0. The number of amides is 1. The Balaban J connectivity index is 2.03. The van der Waals surface area contributed by atoms with Crippen LogP contribution in [0.1, 0.15) is 33.6 Å². The Hall–Kier alpha value is -3.02. The molecule has 0 aliphatic rings. The predicted molar refractivity (Wildman–Crippen MR) is 82.0 cm³/mol. The number of rotatable bonds is 6. The molecule has 0 saturated carbocycles. The predicted octanol–water partition coefficient (Wildman–Crippen LogP) is 3.13. The highest BCUT2D eigenvalue weighted by Gasteiger charge is 2.12. The third-order valence-electron chi connectivity index (χ3n) is 3.15. The maximum atomic E-state index is 13.5. The van der Waals surface area contributed by atoms with Gasteiger partial charge in [0.05, 0.1) is 12.0 Å². The van der Waals surface area contributed by atoms with Crippen LogP contribution in [0.25, 0.3) is 0 Å². The Morgan fingerprint density at radius 1 is 0.957 bits per heavy atom. The molecule has 0 aliphatic carbocycles. The van der Waals surface area contributed by atoms with Crippen LogP contribution in [-0.2, 0) is 4.79 Å². The summed E-state index contributed by atoms with van der Waals surface area (Å²) in [7, 11) is 0. The highest BCUT2D eigenvalue weighted by molar-refractivity contribution is 6.05. The second-order valence-corrected chi connectivity index (χ2v) is 4.83. The lowest BCUT2D eigenvalue weighted by Gasteiger charge is -2.07. The summed E-state index contributed by atoms with van der Waals surface area (Å²) in [5.74, 6) is -2.54. The monoisotopic (exact) mass is 315 g/mol. The number of anilines is 1. The summed E-state index contributed by atoms with van der Waals surface area (Å²) in [5, 5.41) is 11.1. The first-order valence-electron chi connectivity index (χ1n) is 6.88. The van der Waals surface area contributed by atoms with Gasteiger partial charge in [0, 0.05) is 17.7 Å². The number of carboxylic acid groups (broad SMARTS) is 1. The number of hydrogen-bond acceptors (Lipinski definition) is 3. The minimum Gasteiger partial charge on any atom is -0.481 e. The molecular weight excluding hydrogens is 301 g/mol. The molecule has 2 rings (SSSR count). The molecule has 2 N–H and O–H groups in total. The van der Waals surface area contributed by atoms with Gasteiger partial charge in [-0.15, -0.1) is 0 Å². The highest BCUT2D eigenvalue weighted by Crippen LogP contribution is 2.14. The van der Waals surface area contributed by atoms with Crippen LogP contribution in [0.2, 0.25) is 0 Å². The van der Waals surface area contributed by atoms with Gasteiger partial charge < -0.3 is 10.4 Å². The summed E-state index contributed by atoms with van der Waals surface area (Å²) in [4.78, 5) is 34.1. The van der Waals surface area contributed by atoms with Crippen LogP contribution < -0.4 is 5.32 Å². The molecule has 0 fully saturated rings. The molecule has 0 aliphatic heterocycles. The molecule has 0 saturated heterocycles. The van der Waals surface area contributed by atoms with Gasteiger partial charge in [-0.3, -0.25) is 14.4 Å². The van der Waals surface area contributed by atoms with Crippen molar-refractivity contribution >= 4 is 23.3 Å². The van der Waals surface area contributed by atoms with E-state index < -0.39 is 17.7 Å². The van der Waals surface area contributed by atoms with Gasteiger partial charge in [-0.2, -0.15) is 0 Å². The summed E-state index contributed by atoms with van der Waals surface area (Å²) in [6.45, 7) is 0. The molecule has 1 amide bonds. The van der Waals surface area contributed by atoms with Crippen LogP contribution in [-0.4, -0.2) is 22.8 Å². The normalized spacial score (nSPS) is 10.1. The van der Waals surface area contributed by atoms with E-state index >= 15 is 0 Å². The second kappa shape index (κ2) is 7.31. The summed E-state index contributed by atoms with van der Waals surface area (Å²) >= 11 is 0. The maximum Gasteiger partial charge on any atom is 0.303 e. The lowest BCUT2D eigenvalue weighted by atomic mass is 10.1. The smallest absolute Gasteiger partial charge is 0.303 e. The summed E-state index contributed by atoms with van der Waals surface area (Å²) in [6.07, 6.45) is -0.319. The van der Waals surface area contributed by atoms with Gasteiger partial charge in [0.2, 0.25) is 0 Å². The molecule has 118 valence electrons. The van der Waals surface area contributed by atoms with E-state index in [0.717, 1.165) is 0 Å². The van der Waals surface area contributed by atoms with Crippen molar-refractivity contribution < 1.29 is 23.9 Å². The van der Waals surface area contributed by atoms with Gasteiger partial charge >= 0.3 is 5.97 Å². The number of carbonyl (C=O) groups excluding carboxylic acids is 2. The van der Waals surface area contributed by atoms with E-state index in [2.05, 4.69) is 5.32 Å². The van der Waals surface area contributed by atoms with Gasteiger partial charge in [-0.1, -0.05) is 12.1 Å². The molecule has 2 aromatic carbocycles. The number of halogens is 1. The molecular formula is C17H14FNO4. The average Bonchev–Trinajstić information content (AvgIpc) is 2.53. The van der Waals surface area contributed by atoms with E-state index in [0.29, 0.717) is 11.3 Å². The molecule has 0 aromatic heterocycles. The molecule has 5 nitrogen and oxygen atoms in total. The van der Waals surface area contributed by atoms with E-state index in [-0.39, 0.29) is 24.2 Å². The van der Waals surface area contributed by atoms with Crippen molar-refractivity contribution in [1.82, 2.24) is 0 Å². The molecule has 0 heterocycles. The van der Waals surface area contributed by atoms with Crippen molar-refractivity contribution in [3.05, 3.63) is 65.5 Å². The maximum absolute atomic E-state index is 13.5. The summed E-state index contributed by atoms with van der Waals surface area (Å²) in [6, 6.07) is 11.6. The molecule has 23 heavy (non-hydrogen) atoms. The number of hydrogen-bond donors (Lipinski definition) is 2. The molecule has 6 heteroatoms. The Kier molecular flexibility index (Phi) is 5.19. The number of nitrogens with one attached hydrogen (secondary N) is 1. The Labute approximate surface area is 131 Å². The van der Waals surface area contributed by atoms with Crippen LogP contribution in [0.15, 0.2) is 48.5 Å². The Morgan fingerprint density at radius 3 is 2.22 bits per heavy atom. The zero-order valence-corrected chi connectivity index (χ0v) is 12.1. The average molecular weight is 315 g/mol. The van der Waals surface area contributed by atoms with E-state index in [1.807, 2.05) is 0 Å². The van der Waals surface area contributed by atoms with Gasteiger partial charge in [0.15, 0.2) is 5.78 Å². The summed E-state index contributed by atoms with van der Waals surface area (Å²) in [5.41, 5.74) is 0.692. The number of Topliss-reactive ketones (excluding diaryl/α,β-unsaturated/α-hetero) is 1. The zero-order valence-electron chi connectivity index (χ0n) is 12.1. The topological polar surface area (TPSA) is 83.5 Å². The number of benzene rings is 2. The molecule has 2 aromatic rings. The van der Waals surface area contributed by atoms with Crippen molar-refractivity contribution in [2.45, 2.75) is 12.8 Å². The van der Waals surface area contributed by atoms with E-state index in [4.69, 9.17) is 5.11 Å². The van der Waals surface area contributed by atoms with Crippen molar-refractivity contribution in [3.63, 3.8) is 0 Å². The van der Waals surface area contributed by atoms with Crippen molar-refractivity contribution in [1.29, 1.82) is 0 Å². The minimum absolute atomic E-state index is 0.0749. The highest BCUT2D eigenvalue weighted by atomic mass is 19.1. The molecule has 0 atom stereocenters. The second-order valence-electron chi connectivity index (χ2n) is 4.83. The minimum atomic E-state index is -1.04. The number of carboxylic acids is 1. The molecule has 0 radical (unpaired) electrons. The van der Waals surface area contributed by atoms with Crippen LogP contribution >= 0.6 is 0 Å². The first kappa shape index (κ1) is 16.4. The zero-order chi connectivity index (χ0) is 16.8. The van der Waals surface area contributed by atoms with Crippen LogP contribution in [0.3, 0.4) is 0 Å². The molecule has 0 bridgehead atoms. The van der Waals surface area contributed by atoms with Crippen molar-refractivity contribution in [2.75, 3.05) is 5.32 Å². The van der Waals surface area contributed by atoms with Crippen LogP contribution in [0.5, 0.6) is 0 Å². The first-order valence-corrected chi connectivity index (χ1v) is 6.88. The fourth-order valence-electron chi connectivity index (χ4n) is 1.95. The fraction of sp³-hybridized carbons (Fsp3) is 0.118. The lowest BCUT2D eigenvalue weighted by molar-refractivity contribution is -0.136. The van der Waals surface area contributed by atoms with Crippen LogP contribution in [0.4, 0.5) is 10.1 Å². The van der Waals surface area contributed by atoms with E-state index in [9.17, 15) is 18.8 Å². The third kappa shape index (κ3) is 4.47. The van der Waals surface area contributed by atoms with Crippen molar-refractivity contribution in [3.8, 4) is 0 Å². The Bertz CT molecular complexity index is 741. The third-order valence-corrected chi connectivity index (χ3v) is 3.15. The van der Waals surface area contributed by atoms with E-state index in [1.165, 1.54) is 42.5 Å². The van der Waals surface area contributed by atoms with Crippen molar-refractivity contribution in [2.24, 2.45) is 0 Å². The lowest BCUT2D eigenvalue weighted by Crippen LogP contribution is -2.13. The summed E-state index contributed by atoms with van der Waals surface area (Å²) < 4.78 is 13.5. The number of aliphatic carboxylic acids is 1. The molecule has 0 spiro atoms. The fourth-order valence-corrected chi connectivity index (χ4v) is 1.95. The SMILES string of the molecule is O=C(O)CCC(=O)c1ccc(NC(=O)c2ccccc2F)cc1. The van der Waals surface area contributed by atoms with Gasteiger partial charge in [0.1, 0.15) is 5.82 Å². The van der Waals surface area contributed by atoms with Crippen LogP contribution in [0, 0.1) is 5.82 Å². The van der Waals surface area contributed by atoms with Gasteiger partial charge in [0.25, 0.3) is 5.91 Å². The van der Waals surface area contributed by atoms with E-state index in [1.54, 1.807) is 6.07 Å². The standard InChI is InChI=1S/C17H14FNO4/c18-14-4-2-1-3-13(14)17(23)19-12-7-5-11(6-8-12)15(20)9-10-16(21)22/h1-8H,9-10H2,(H,19,23)(H,21,22). The Morgan fingerprint density at radius 2 is 1.61 bits per heavy atom. The quantitative estimate of drug-likeness (QED) is 0.802. The largest absolute Gasteiger partial charge is 0.481 e. The van der Waals surface area contributed by atoms with Gasteiger partial charge in [-0.05, 0) is 36.4 Å². The molecule has 0 unspecified atom stereocenters.